The molecule has 0 aliphatic carbocycles. The number of hydrogen-bond donors (Lipinski definition) is 2. The number of aromatic carboxylic acids is 1. The Morgan fingerprint density at radius 1 is 1.33 bits per heavy atom. The molecule has 0 spiro atoms. The topological polar surface area (TPSA) is 124 Å². The van der Waals surface area contributed by atoms with Gasteiger partial charge in [-0.3, -0.25) is 4.79 Å². The van der Waals surface area contributed by atoms with Crippen molar-refractivity contribution in [2.75, 3.05) is 6.54 Å². The summed E-state index contributed by atoms with van der Waals surface area (Å²) in [5, 5.41) is 15.8. The maximum absolute atomic E-state index is 11.7. The standard InChI is InChI=1S/C16H22N4O4/c1-9-11(7-18-8-13(21)24-16(3,4)5)6-12(19-20-17)10(2)14(9)15(22)23/h6,18H,7-8H2,1-5H3,(H,22,23). The Morgan fingerprint density at radius 2 is 1.96 bits per heavy atom. The quantitative estimate of drug-likeness (QED) is 0.357. The van der Waals surface area contributed by atoms with Crippen molar-refractivity contribution in [1.29, 1.82) is 0 Å². The Labute approximate surface area is 140 Å². The second-order valence-corrected chi connectivity index (χ2v) is 6.36. The summed E-state index contributed by atoms with van der Waals surface area (Å²) in [5.74, 6) is -1.49. The maximum atomic E-state index is 11.7. The van der Waals surface area contributed by atoms with Crippen LogP contribution in [0.4, 0.5) is 5.69 Å². The summed E-state index contributed by atoms with van der Waals surface area (Å²) in [5.41, 5.74) is 10.0. The van der Waals surface area contributed by atoms with Gasteiger partial charge in [0.05, 0.1) is 12.1 Å². The number of esters is 1. The highest BCUT2D eigenvalue weighted by Crippen LogP contribution is 2.28. The Kier molecular flexibility index (Phi) is 6.34. The van der Waals surface area contributed by atoms with Crippen LogP contribution in [0, 0.1) is 13.8 Å². The van der Waals surface area contributed by atoms with Gasteiger partial charge in [-0.1, -0.05) is 5.11 Å². The van der Waals surface area contributed by atoms with Crippen molar-refractivity contribution in [3.63, 3.8) is 0 Å². The van der Waals surface area contributed by atoms with E-state index < -0.39 is 17.5 Å². The van der Waals surface area contributed by atoms with Crippen LogP contribution < -0.4 is 5.32 Å². The van der Waals surface area contributed by atoms with E-state index in [0.717, 1.165) is 0 Å². The Hall–Kier alpha value is -2.57. The highest BCUT2D eigenvalue weighted by atomic mass is 16.6. The number of benzene rings is 1. The fraction of sp³-hybridized carbons (Fsp3) is 0.500. The third-order valence-electron chi connectivity index (χ3n) is 3.30. The van der Waals surface area contributed by atoms with Crippen LogP contribution in [0.15, 0.2) is 11.2 Å². The molecule has 0 aromatic heterocycles. The van der Waals surface area contributed by atoms with Crippen LogP contribution >= 0.6 is 0 Å². The van der Waals surface area contributed by atoms with Crippen LogP contribution in [-0.4, -0.2) is 29.2 Å². The average molecular weight is 334 g/mol. The van der Waals surface area contributed by atoms with E-state index in [4.69, 9.17) is 10.3 Å². The fourth-order valence-corrected chi connectivity index (χ4v) is 2.28. The number of azide groups is 1. The summed E-state index contributed by atoms with van der Waals surface area (Å²) in [7, 11) is 0. The lowest BCUT2D eigenvalue weighted by Gasteiger charge is -2.20. The molecule has 8 nitrogen and oxygen atoms in total. The summed E-state index contributed by atoms with van der Waals surface area (Å²) in [6, 6.07) is 1.62. The minimum absolute atomic E-state index is 0.0101. The zero-order chi connectivity index (χ0) is 18.5. The Morgan fingerprint density at radius 3 is 2.46 bits per heavy atom. The molecule has 0 aliphatic rings. The second kappa shape index (κ2) is 7.81. The number of nitrogens with one attached hydrogen (secondary N) is 1. The van der Waals surface area contributed by atoms with Gasteiger partial charge in [0.2, 0.25) is 0 Å². The summed E-state index contributed by atoms with van der Waals surface area (Å²) >= 11 is 0. The van der Waals surface area contributed by atoms with Crippen molar-refractivity contribution >= 4 is 17.6 Å². The fourth-order valence-electron chi connectivity index (χ4n) is 2.28. The summed E-state index contributed by atoms with van der Waals surface area (Å²) in [6.07, 6.45) is 0. The van der Waals surface area contributed by atoms with Crippen LogP contribution in [0.5, 0.6) is 0 Å². The van der Waals surface area contributed by atoms with E-state index in [1.807, 2.05) is 0 Å². The van der Waals surface area contributed by atoms with Gasteiger partial charge < -0.3 is 15.2 Å². The van der Waals surface area contributed by atoms with E-state index in [1.165, 1.54) is 0 Å². The van der Waals surface area contributed by atoms with Crippen molar-refractivity contribution in [3.8, 4) is 0 Å². The van der Waals surface area contributed by atoms with E-state index in [-0.39, 0.29) is 24.3 Å². The van der Waals surface area contributed by atoms with Crippen LogP contribution in [0.2, 0.25) is 0 Å². The molecule has 8 heteroatoms. The largest absolute Gasteiger partial charge is 0.478 e. The van der Waals surface area contributed by atoms with E-state index in [1.54, 1.807) is 40.7 Å². The normalized spacial score (nSPS) is 10.9. The van der Waals surface area contributed by atoms with Crippen LogP contribution in [0.3, 0.4) is 0 Å². The molecular weight excluding hydrogens is 312 g/mol. The molecule has 0 amide bonds. The van der Waals surface area contributed by atoms with Crippen LogP contribution in [-0.2, 0) is 16.1 Å². The number of rotatable bonds is 6. The van der Waals surface area contributed by atoms with Gasteiger partial charge in [0.15, 0.2) is 0 Å². The lowest BCUT2D eigenvalue weighted by atomic mass is 9.96. The summed E-state index contributed by atoms with van der Waals surface area (Å²) in [6.45, 7) is 8.85. The zero-order valence-electron chi connectivity index (χ0n) is 14.5. The van der Waals surface area contributed by atoms with Gasteiger partial charge in [0.1, 0.15) is 5.60 Å². The van der Waals surface area contributed by atoms with Crippen molar-refractivity contribution in [2.45, 2.75) is 46.8 Å². The third kappa shape index (κ3) is 5.26. The molecule has 130 valence electrons. The van der Waals surface area contributed by atoms with Crippen molar-refractivity contribution in [1.82, 2.24) is 5.32 Å². The Balaban J connectivity index is 2.98. The maximum Gasteiger partial charge on any atom is 0.336 e. The van der Waals surface area contributed by atoms with Crippen LogP contribution in [0.1, 0.15) is 47.8 Å². The number of carboxylic acid groups (broad SMARTS) is 1. The molecule has 2 N–H and O–H groups in total. The molecule has 0 fully saturated rings. The summed E-state index contributed by atoms with van der Waals surface area (Å²) in [4.78, 5) is 25.9. The second-order valence-electron chi connectivity index (χ2n) is 6.36. The van der Waals surface area contributed by atoms with Crippen molar-refractivity contribution < 1.29 is 19.4 Å². The minimum atomic E-state index is -1.09. The number of ether oxygens (including phenoxy) is 1. The lowest BCUT2D eigenvalue weighted by Crippen LogP contribution is -2.31. The lowest BCUT2D eigenvalue weighted by molar-refractivity contribution is -0.153. The first-order chi connectivity index (χ1) is 11.1. The number of carboxylic acids is 1. The molecule has 0 unspecified atom stereocenters. The SMILES string of the molecule is Cc1c(CNCC(=O)OC(C)(C)C)cc(N=[N+]=[N-])c(C)c1C(=O)O. The number of carbonyl (C=O) groups is 2. The monoisotopic (exact) mass is 334 g/mol. The first-order valence-corrected chi connectivity index (χ1v) is 7.41. The molecule has 1 aromatic rings. The predicted molar refractivity (Wildman–Crippen MR) is 89.2 cm³/mol. The van der Waals surface area contributed by atoms with E-state index in [2.05, 4.69) is 15.3 Å². The number of hydrogen-bond acceptors (Lipinski definition) is 5. The van der Waals surface area contributed by atoms with Gasteiger partial charge in [-0.2, -0.15) is 0 Å². The Bertz CT molecular complexity index is 701. The molecule has 0 aliphatic heterocycles. The molecule has 0 saturated heterocycles. The average Bonchev–Trinajstić information content (AvgIpc) is 2.41. The summed E-state index contributed by atoms with van der Waals surface area (Å²) < 4.78 is 5.19. The van der Waals surface area contributed by atoms with E-state index in [0.29, 0.717) is 16.7 Å². The molecule has 0 heterocycles. The molecule has 0 saturated carbocycles. The van der Waals surface area contributed by atoms with Gasteiger partial charge in [0, 0.05) is 17.1 Å². The number of nitrogens with zero attached hydrogens (tertiary/aromatic N) is 3. The molecule has 0 atom stereocenters. The van der Waals surface area contributed by atoms with E-state index in [9.17, 15) is 14.7 Å². The number of carbonyl (C=O) groups excluding carboxylic acids is 1. The predicted octanol–water partition coefficient (Wildman–Crippen LogP) is 3.37. The van der Waals surface area contributed by atoms with Gasteiger partial charge in [-0.05, 0) is 62.9 Å². The molecule has 24 heavy (non-hydrogen) atoms. The van der Waals surface area contributed by atoms with Gasteiger partial charge in [-0.25, -0.2) is 4.79 Å². The van der Waals surface area contributed by atoms with Gasteiger partial charge in [0.25, 0.3) is 0 Å². The minimum Gasteiger partial charge on any atom is -0.478 e. The smallest absolute Gasteiger partial charge is 0.336 e. The third-order valence-corrected chi connectivity index (χ3v) is 3.30. The van der Waals surface area contributed by atoms with Gasteiger partial charge >= 0.3 is 11.9 Å². The first-order valence-electron chi connectivity index (χ1n) is 7.41. The highest BCUT2D eigenvalue weighted by Gasteiger charge is 2.18. The van der Waals surface area contributed by atoms with E-state index >= 15 is 0 Å². The molecule has 0 radical (unpaired) electrons. The van der Waals surface area contributed by atoms with Crippen LogP contribution in [0.25, 0.3) is 10.4 Å². The highest BCUT2D eigenvalue weighted by molar-refractivity contribution is 5.93. The van der Waals surface area contributed by atoms with Crippen molar-refractivity contribution in [3.05, 3.63) is 38.8 Å². The molecule has 1 rings (SSSR count). The zero-order valence-corrected chi connectivity index (χ0v) is 14.5. The molecular formula is C16H22N4O4. The van der Waals surface area contributed by atoms with Crippen molar-refractivity contribution in [2.24, 2.45) is 5.11 Å². The molecule has 1 aromatic carbocycles. The van der Waals surface area contributed by atoms with Gasteiger partial charge in [-0.15, -0.1) is 0 Å². The first kappa shape index (κ1) is 19.5. The molecule has 0 bridgehead atoms.